The summed E-state index contributed by atoms with van der Waals surface area (Å²) in [5.41, 5.74) is 1.07. The molecule has 25 heavy (non-hydrogen) atoms. The average molecular weight is 349 g/mol. The predicted molar refractivity (Wildman–Crippen MR) is 93.7 cm³/mol. The van der Waals surface area contributed by atoms with Crippen molar-refractivity contribution in [2.24, 2.45) is 11.8 Å². The zero-order valence-electron chi connectivity index (χ0n) is 14.7. The van der Waals surface area contributed by atoms with Gasteiger partial charge in [-0.2, -0.15) is 0 Å². The Morgan fingerprint density at radius 3 is 2.56 bits per heavy atom. The van der Waals surface area contributed by atoms with Crippen molar-refractivity contribution in [2.45, 2.75) is 44.6 Å². The Hall–Kier alpha value is -1.46. The van der Waals surface area contributed by atoms with Gasteiger partial charge in [-0.1, -0.05) is 12.1 Å². The lowest BCUT2D eigenvalue weighted by Crippen LogP contribution is -2.49. The molecule has 138 valence electrons. The Morgan fingerprint density at radius 2 is 1.80 bits per heavy atom. The smallest absolute Gasteiger partial charge is 0.220 e. The molecule has 2 fully saturated rings. The van der Waals surface area contributed by atoms with Crippen LogP contribution in [0, 0.1) is 17.7 Å². The third kappa shape index (κ3) is 5.51. The summed E-state index contributed by atoms with van der Waals surface area (Å²) in [5, 5.41) is 3.24. The van der Waals surface area contributed by atoms with Crippen LogP contribution in [0.4, 0.5) is 4.39 Å². The summed E-state index contributed by atoms with van der Waals surface area (Å²) in [7, 11) is 0. The first-order chi connectivity index (χ1) is 12.2. The van der Waals surface area contributed by atoms with Crippen LogP contribution < -0.4 is 5.32 Å². The number of carbonyl (C=O) groups is 1. The number of benzene rings is 1. The lowest BCUT2D eigenvalue weighted by atomic mass is 9.79. The van der Waals surface area contributed by atoms with Crippen LogP contribution in [-0.2, 0) is 20.7 Å². The molecule has 0 radical (unpaired) electrons. The quantitative estimate of drug-likeness (QED) is 0.858. The van der Waals surface area contributed by atoms with Crippen LogP contribution in [0.3, 0.4) is 0 Å². The topological polar surface area (TPSA) is 47.6 Å². The van der Waals surface area contributed by atoms with Crippen molar-refractivity contribution in [1.82, 2.24) is 5.32 Å². The van der Waals surface area contributed by atoms with Crippen molar-refractivity contribution in [2.75, 3.05) is 26.4 Å². The fourth-order valence-electron chi connectivity index (χ4n) is 3.93. The second-order valence-corrected chi connectivity index (χ2v) is 7.13. The van der Waals surface area contributed by atoms with Gasteiger partial charge in [0.25, 0.3) is 0 Å². The Labute approximate surface area is 149 Å². The third-order valence-electron chi connectivity index (χ3n) is 5.40. The van der Waals surface area contributed by atoms with E-state index in [4.69, 9.17) is 9.47 Å². The van der Waals surface area contributed by atoms with Crippen molar-refractivity contribution in [1.29, 1.82) is 0 Å². The summed E-state index contributed by atoms with van der Waals surface area (Å²) in [6.07, 6.45) is 5.10. The van der Waals surface area contributed by atoms with Crippen molar-refractivity contribution < 1.29 is 18.7 Å². The summed E-state index contributed by atoms with van der Waals surface area (Å²) in [6.45, 7) is 3.10. The third-order valence-corrected chi connectivity index (χ3v) is 5.40. The van der Waals surface area contributed by atoms with E-state index in [0.29, 0.717) is 18.3 Å². The second-order valence-electron chi connectivity index (χ2n) is 7.13. The molecular weight excluding hydrogens is 321 g/mol. The van der Waals surface area contributed by atoms with Crippen LogP contribution >= 0.6 is 0 Å². The van der Waals surface area contributed by atoms with E-state index < -0.39 is 0 Å². The Kier molecular flexibility index (Phi) is 6.82. The van der Waals surface area contributed by atoms with Gasteiger partial charge in [0.2, 0.25) is 5.91 Å². The Bertz CT molecular complexity index is 542. The number of amides is 1. The van der Waals surface area contributed by atoms with Crippen LogP contribution in [0.1, 0.15) is 37.7 Å². The molecule has 0 bridgehead atoms. The zero-order chi connectivity index (χ0) is 17.5. The SMILES string of the molecule is O=C(CCCc1ccc(F)cc1)N[C@H]1CCOC[C@H]1C1CCOCC1. The highest BCUT2D eigenvalue weighted by atomic mass is 19.1. The fourth-order valence-corrected chi connectivity index (χ4v) is 3.93. The van der Waals surface area contributed by atoms with Crippen molar-refractivity contribution in [3.8, 4) is 0 Å². The van der Waals surface area contributed by atoms with Crippen LogP contribution in [0.15, 0.2) is 24.3 Å². The lowest BCUT2D eigenvalue weighted by Gasteiger charge is -2.39. The number of carbonyl (C=O) groups excluding carboxylic acids is 1. The van der Waals surface area contributed by atoms with E-state index in [0.717, 1.165) is 64.1 Å². The molecule has 2 saturated heterocycles. The molecule has 0 saturated carbocycles. The standard InChI is InChI=1S/C20H28FNO3/c21-17-6-4-15(5-7-17)2-1-3-20(23)22-19-10-13-25-14-18(19)16-8-11-24-12-9-16/h4-7,16,18-19H,1-3,8-14H2,(H,22,23)/t18-,19-/m0/s1. The van der Waals surface area contributed by atoms with E-state index >= 15 is 0 Å². The highest BCUT2D eigenvalue weighted by Crippen LogP contribution is 2.30. The molecule has 1 N–H and O–H groups in total. The van der Waals surface area contributed by atoms with Gasteiger partial charge in [-0.3, -0.25) is 4.79 Å². The molecule has 5 heteroatoms. The van der Waals surface area contributed by atoms with E-state index in [1.807, 2.05) is 0 Å². The molecule has 2 aliphatic rings. The average Bonchev–Trinajstić information content (AvgIpc) is 2.64. The van der Waals surface area contributed by atoms with Gasteiger partial charge in [0.15, 0.2) is 0 Å². The first-order valence-electron chi connectivity index (χ1n) is 9.41. The van der Waals surface area contributed by atoms with Crippen molar-refractivity contribution in [3.05, 3.63) is 35.6 Å². The number of hydrogen-bond donors (Lipinski definition) is 1. The summed E-state index contributed by atoms with van der Waals surface area (Å²) < 4.78 is 24.0. The minimum absolute atomic E-state index is 0.117. The highest BCUT2D eigenvalue weighted by Gasteiger charge is 2.34. The molecule has 1 amide bonds. The number of rotatable bonds is 6. The summed E-state index contributed by atoms with van der Waals surface area (Å²) in [4.78, 5) is 12.3. The van der Waals surface area contributed by atoms with Gasteiger partial charge in [0.05, 0.1) is 6.61 Å². The van der Waals surface area contributed by atoms with E-state index in [2.05, 4.69) is 5.32 Å². The van der Waals surface area contributed by atoms with E-state index in [1.165, 1.54) is 12.1 Å². The van der Waals surface area contributed by atoms with Crippen LogP contribution in [0.5, 0.6) is 0 Å². The molecule has 0 aliphatic carbocycles. The molecule has 2 heterocycles. The van der Waals surface area contributed by atoms with Crippen molar-refractivity contribution in [3.63, 3.8) is 0 Å². The van der Waals surface area contributed by atoms with Gasteiger partial charge in [0.1, 0.15) is 5.82 Å². The maximum Gasteiger partial charge on any atom is 0.220 e. The molecule has 2 aliphatic heterocycles. The normalized spacial score (nSPS) is 24.8. The molecule has 4 nitrogen and oxygen atoms in total. The maximum atomic E-state index is 12.9. The van der Waals surface area contributed by atoms with Crippen molar-refractivity contribution >= 4 is 5.91 Å². The number of hydrogen-bond acceptors (Lipinski definition) is 3. The highest BCUT2D eigenvalue weighted by molar-refractivity contribution is 5.76. The second kappa shape index (κ2) is 9.30. The number of ether oxygens (including phenoxy) is 2. The zero-order valence-corrected chi connectivity index (χ0v) is 14.7. The van der Waals surface area contributed by atoms with Gasteiger partial charge in [-0.25, -0.2) is 4.39 Å². The monoisotopic (exact) mass is 349 g/mol. The Balaban J connectivity index is 1.44. The number of halogens is 1. The van der Waals surface area contributed by atoms with Gasteiger partial charge in [-0.05, 0) is 55.7 Å². The maximum absolute atomic E-state index is 12.9. The van der Waals surface area contributed by atoms with E-state index in [1.54, 1.807) is 12.1 Å². The number of aryl methyl sites for hydroxylation is 1. The van der Waals surface area contributed by atoms with Gasteiger partial charge >= 0.3 is 0 Å². The van der Waals surface area contributed by atoms with Gasteiger partial charge in [0, 0.05) is 38.2 Å². The molecule has 1 aromatic rings. The summed E-state index contributed by atoms with van der Waals surface area (Å²) in [6, 6.07) is 6.72. The molecule has 3 rings (SSSR count). The largest absolute Gasteiger partial charge is 0.381 e. The van der Waals surface area contributed by atoms with E-state index in [-0.39, 0.29) is 17.8 Å². The molecule has 1 aromatic carbocycles. The molecule has 0 aromatic heterocycles. The summed E-state index contributed by atoms with van der Waals surface area (Å²) >= 11 is 0. The summed E-state index contributed by atoms with van der Waals surface area (Å²) in [5.74, 6) is 0.878. The van der Waals surface area contributed by atoms with Gasteiger partial charge < -0.3 is 14.8 Å². The van der Waals surface area contributed by atoms with Gasteiger partial charge in [-0.15, -0.1) is 0 Å². The molecule has 2 atom stereocenters. The Morgan fingerprint density at radius 1 is 1.08 bits per heavy atom. The van der Waals surface area contributed by atoms with E-state index in [9.17, 15) is 9.18 Å². The van der Waals surface area contributed by atoms with Crippen LogP contribution in [0.25, 0.3) is 0 Å². The first kappa shape index (κ1) is 18.3. The minimum atomic E-state index is -0.222. The lowest BCUT2D eigenvalue weighted by molar-refractivity contribution is -0.124. The van der Waals surface area contributed by atoms with Crippen LogP contribution in [-0.4, -0.2) is 38.4 Å². The number of nitrogens with one attached hydrogen (secondary N) is 1. The first-order valence-corrected chi connectivity index (χ1v) is 9.41. The van der Waals surface area contributed by atoms with Crippen LogP contribution in [0.2, 0.25) is 0 Å². The molecule has 0 spiro atoms. The molecule has 0 unspecified atom stereocenters. The predicted octanol–water partition coefficient (Wildman–Crippen LogP) is 3.10. The fraction of sp³-hybridized carbons (Fsp3) is 0.650. The molecular formula is C20H28FNO3. The minimum Gasteiger partial charge on any atom is -0.381 e.